The Morgan fingerprint density at radius 1 is 1.40 bits per heavy atom. The second-order valence-electron chi connectivity index (χ2n) is 4.61. The molecule has 2 nitrogen and oxygen atoms in total. The Kier molecular flexibility index (Phi) is 5.99. The first-order valence-electron chi connectivity index (χ1n) is 6.26. The van der Waals surface area contributed by atoms with Gasteiger partial charge in [0.25, 0.3) is 0 Å². The van der Waals surface area contributed by atoms with E-state index in [4.69, 9.17) is 12.2 Å². The van der Waals surface area contributed by atoms with Crippen LogP contribution in [0.5, 0.6) is 0 Å². The van der Waals surface area contributed by atoms with Crippen LogP contribution in [-0.4, -0.2) is 29.6 Å². The molecule has 1 unspecified atom stereocenters. The Bertz CT molecular complexity index is 194. The quantitative estimate of drug-likeness (QED) is 0.591. The Morgan fingerprint density at radius 2 is 2.20 bits per heavy atom. The fourth-order valence-corrected chi connectivity index (χ4v) is 2.23. The van der Waals surface area contributed by atoms with Gasteiger partial charge in [-0.05, 0) is 43.8 Å². The van der Waals surface area contributed by atoms with Gasteiger partial charge in [0.1, 0.15) is 0 Å². The maximum atomic E-state index is 5.40. The Balaban J connectivity index is 2.25. The lowest BCUT2D eigenvalue weighted by Crippen LogP contribution is -2.40. The molecule has 1 atom stereocenters. The van der Waals surface area contributed by atoms with Gasteiger partial charge in [-0.25, -0.2) is 0 Å². The highest BCUT2D eigenvalue weighted by molar-refractivity contribution is 7.80. The van der Waals surface area contributed by atoms with Crippen LogP contribution < -0.4 is 5.32 Å². The lowest BCUT2D eigenvalue weighted by Gasteiger charge is -2.24. The predicted molar refractivity (Wildman–Crippen MR) is 70.1 cm³/mol. The Morgan fingerprint density at radius 3 is 2.93 bits per heavy atom. The number of hydrogen-bond donors (Lipinski definition) is 1. The van der Waals surface area contributed by atoms with Crippen LogP contribution in [0.25, 0.3) is 0 Å². The fraction of sp³-hybridized carbons (Fsp3) is 0.917. The molecular formula is C12H24N2S. The number of thiocarbonyl (C=S) groups is 1. The summed E-state index contributed by atoms with van der Waals surface area (Å²) in [6.07, 6.45) is 6.37. The minimum atomic E-state index is 0.869. The van der Waals surface area contributed by atoms with E-state index in [0.29, 0.717) is 0 Å². The van der Waals surface area contributed by atoms with Crippen molar-refractivity contribution < 1.29 is 0 Å². The van der Waals surface area contributed by atoms with Gasteiger partial charge in [-0.3, -0.25) is 0 Å². The second kappa shape index (κ2) is 7.04. The van der Waals surface area contributed by atoms with Gasteiger partial charge in [-0.15, -0.1) is 0 Å². The van der Waals surface area contributed by atoms with Gasteiger partial charge in [0.05, 0.1) is 0 Å². The molecule has 0 aromatic heterocycles. The van der Waals surface area contributed by atoms with Crippen molar-refractivity contribution in [3.8, 4) is 0 Å². The van der Waals surface area contributed by atoms with E-state index >= 15 is 0 Å². The first kappa shape index (κ1) is 12.8. The maximum absolute atomic E-state index is 5.40. The molecule has 1 heterocycles. The number of nitrogens with one attached hydrogen (secondary N) is 1. The van der Waals surface area contributed by atoms with Crippen molar-refractivity contribution in [1.29, 1.82) is 0 Å². The van der Waals surface area contributed by atoms with Gasteiger partial charge in [-0.1, -0.05) is 20.3 Å². The highest BCUT2D eigenvalue weighted by Gasteiger charge is 2.15. The van der Waals surface area contributed by atoms with Gasteiger partial charge in [-0.2, -0.15) is 0 Å². The predicted octanol–water partition coefficient (Wildman–Crippen LogP) is 2.78. The topological polar surface area (TPSA) is 15.3 Å². The molecule has 0 bridgehead atoms. The van der Waals surface area contributed by atoms with E-state index in [1.165, 1.54) is 32.1 Å². The normalized spacial score (nSPS) is 22.3. The zero-order valence-corrected chi connectivity index (χ0v) is 10.9. The highest BCUT2D eigenvalue weighted by Crippen LogP contribution is 2.16. The van der Waals surface area contributed by atoms with E-state index in [1.807, 2.05) is 0 Å². The van der Waals surface area contributed by atoms with Gasteiger partial charge in [0.2, 0.25) is 0 Å². The van der Waals surface area contributed by atoms with Crippen LogP contribution in [0.15, 0.2) is 0 Å². The van der Waals surface area contributed by atoms with E-state index in [1.54, 1.807) is 0 Å². The highest BCUT2D eigenvalue weighted by atomic mass is 32.1. The van der Waals surface area contributed by atoms with E-state index < -0.39 is 0 Å². The molecule has 0 saturated carbocycles. The molecule has 3 heteroatoms. The summed E-state index contributed by atoms with van der Waals surface area (Å²) >= 11 is 5.40. The molecule has 1 aliphatic heterocycles. The van der Waals surface area contributed by atoms with E-state index in [0.717, 1.165) is 30.7 Å². The lowest BCUT2D eigenvalue weighted by atomic mass is 10.0. The van der Waals surface area contributed by atoms with Crippen LogP contribution in [0.3, 0.4) is 0 Å². The molecule has 0 aromatic carbocycles. The Labute approximate surface area is 99.4 Å². The molecule has 0 spiro atoms. The molecule has 88 valence electrons. The van der Waals surface area contributed by atoms with Crippen molar-refractivity contribution in [2.75, 3.05) is 19.6 Å². The van der Waals surface area contributed by atoms with Gasteiger partial charge in [0, 0.05) is 19.6 Å². The van der Waals surface area contributed by atoms with Crippen molar-refractivity contribution in [3.63, 3.8) is 0 Å². The van der Waals surface area contributed by atoms with Crippen molar-refractivity contribution in [1.82, 2.24) is 10.2 Å². The summed E-state index contributed by atoms with van der Waals surface area (Å²) in [6.45, 7) is 7.86. The van der Waals surface area contributed by atoms with Crippen molar-refractivity contribution in [3.05, 3.63) is 0 Å². The zero-order chi connectivity index (χ0) is 11.1. The Hall–Kier alpha value is -0.310. The van der Waals surface area contributed by atoms with Gasteiger partial charge >= 0.3 is 0 Å². The zero-order valence-electron chi connectivity index (χ0n) is 10.1. The standard InChI is InChI=1S/C12H24N2S/c1-3-4-8-13-12(15)14-9-5-6-11(2)7-10-14/h11H,3-10H2,1-2H3,(H,13,15). The monoisotopic (exact) mass is 228 g/mol. The van der Waals surface area contributed by atoms with Crippen LogP contribution in [-0.2, 0) is 0 Å². The maximum Gasteiger partial charge on any atom is 0.168 e. The van der Waals surface area contributed by atoms with Crippen LogP contribution in [0.1, 0.15) is 46.0 Å². The third kappa shape index (κ3) is 4.83. The molecule has 0 aliphatic carbocycles. The first-order valence-corrected chi connectivity index (χ1v) is 6.67. The molecule has 1 rings (SSSR count). The fourth-order valence-electron chi connectivity index (χ4n) is 1.95. The summed E-state index contributed by atoms with van der Waals surface area (Å²) in [6, 6.07) is 0. The first-order chi connectivity index (χ1) is 7.24. The summed E-state index contributed by atoms with van der Waals surface area (Å²) in [5.74, 6) is 0.869. The average Bonchev–Trinajstić information content (AvgIpc) is 2.43. The number of rotatable bonds is 3. The molecule has 0 aromatic rings. The van der Waals surface area contributed by atoms with Gasteiger partial charge in [0.15, 0.2) is 5.11 Å². The second-order valence-corrected chi connectivity index (χ2v) is 5.00. The summed E-state index contributed by atoms with van der Waals surface area (Å²) in [5.41, 5.74) is 0. The number of unbranched alkanes of at least 4 members (excludes halogenated alkanes) is 1. The molecule has 1 N–H and O–H groups in total. The van der Waals surface area contributed by atoms with Gasteiger partial charge < -0.3 is 10.2 Å². The molecule has 0 amide bonds. The van der Waals surface area contributed by atoms with Crippen LogP contribution in [0.4, 0.5) is 0 Å². The minimum absolute atomic E-state index is 0.869. The molecule has 1 aliphatic rings. The molecule has 1 saturated heterocycles. The van der Waals surface area contributed by atoms with E-state index in [2.05, 4.69) is 24.1 Å². The third-order valence-corrected chi connectivity index (χ3v) is 3.51. The molecular weight excluding hydrogens is 204 g/mol. The minimum Gasteiger partial charge on any atom is -0.363 e. The summed E-state index contributed by atoms with van der Waals surface area (Å²) < 4.78 is 0. The van der Waals surface area contributed by atoms with Crippen molar-refractivity contribution >= 4 is 17.3 Å². The summed E-state index contributed by atoms with van der Waals surface area (Å²) in [7, 11) is 0. The van der Waals surface area contributed by atoms with Crippen LogP contribution in [0, 0.1) is 5.92 Å². The molecule has 15 heavy (non-hydrogen) atoms. The SMILES string of the molecule is CCCCNC(=S)N1CCCC(C)CC1. The number of hydrogen-bond acceptors (Lipinski definition) is 1. The summed E-state index contributed by atoms with van der Waals surface area (Å²) in [4.78, 5) is 2.34. The van der Waals surface area contributed by atoms with Crippen LogP contribution >= 0.6 is 12.2 Å². The van der Waals surface area contributed by atoms with Crippen molar-refractivity contribution in [2.24, 2.45) is 5.92 Å². The largest absolute Gasteiger partial charge is 0.363 e. The average molecular weight is 228 g/mol. The van der Waals surface area contributed by atoms with Crippen LogP contribution in [0.2, 0.25) is 0 Å². The summed E-state index contributed by atoms with van der Waals surface area (Å²) in [5, 5.41) is 4.32. The number of likely N-dealkylation sites (tertiary alicyclic amines) is 1. The van der Waals surface area contributed by atoms with E-state index in [9.17, 15) is 0 Å². The molecule has 0 radical (unpaired) electrons. The van der Waals surface area contributed by atoms with Crippen molar-refractivity contribution in [2.45, 2.75) is 46.0 Å². The lowest BCUT2D eigenvalue weighted by molar-refractivity contribution is 0.417. The number of nitrogens with zero attached hydrogens (tertiary/aromatic N) is 1. The molecule has 1 fully saturated rings. The smallest absolute Gasteiger partial charge is 0.168 e. The third-order valence-electron chi connectivity index (χ3n) is 3.11. The van der Waals surface area contributed by atoms with E-state index in [-0.39, 0.29) is 0 Å².